The van der Waals surface area contributed by atoms with Crippen molar-refractivity contribution in [1.82, 2.24) is 0 Å². The number of carbonyl (C=O) groups excluding carboxylic acids is 4. The lowest BCUT2D eigenvalue weighted by molar-refractivity contribution is -0.120. The summed E-state index contributed by atoms with van der Waals surface area (Å²) in [4.78, 5) is 50.4. The van der Waals surface area contributed by atoms with Crippen molar-refractivity contribution < 1.29 is 28.7 Å². The van der Waals surface area contributed by atoms with E-state index >= 15 is 0 Å². The van der Waals surface area contributed by atoms with E-state index in [4.69, 9.17) is 22.1 Å². The van der Waals surface area contributed by atoms with Gasteiger partial charge in [0, 0.05) is 11.4 Å². The Balaban J connectivity index is 1.46. The molecular weight excluding hydrogens is 474 g/mol. The zero-order chi connectivity index (χ0) is 25.1. The average Bonchev–Trinajstić information content (AvgIpc) is 3.08. The summed E-state index contributed by atoms with van der Waals surface area (Å²) in [5.41, 5.74) is 7.25. The van der Waals surface area contributed by atoms with Gasteiger partial charge in [-0.25, -0.2) is 14.5 Å². The lowest BCUT2D eigenvalue weighted by Crippen LogP contribution is -2.32. The lowest BCUT2D eigenvalue weighted by atomic mass is 10.2. The Labute approximate surface area is 204 Å². The molecule has 0 aromatic heterocycles. The van der Waals surface area contributed by atoms with Gasteiger partial charge >= 0.3 is 11.9 Å². The maximum atomic E-state index is 12.9. The summed E-state index contributed by atoms with van der Waals surface area (Å²) in [6.45, 7) is 0. The predicted octanol–water partition coefficient (Wildman–Crippen LogP) is 3.71. The van der Waals surface area contributed by atoms with Gasteiger partial charge in [0.15, 0.2) is 0 Å². The van der Waals surface area contributed by atoms with Crippen molar-refractivity contribution in [3.05, 3.63) is 94.7 Å². The third kappa shape index (κ3) is 4.85. The summed E-state index contributed by atoms with van der Waals surface area (Å²) in [5, 5.41) is 2.53. The maximum Gasteiger partial charge on any atom is 0.343 e. The van der Waals surface area contributed by atoms with E-state index in [0.29, 0.717) is 17.1 Å². The van der Waals surface area contributed by atoms with E-state index < -0.39 is 23.8 Å². The van der Waals surface area contributed by atoms with E-state index in [9.17, 15) is 19.2 Å². The molecular formula is C25H18ClN3O6. The summed E-state index contributed by atoms with van der Waals surface area (Å²) in [6.07, 6.45) is 0. The Hall–Kier alpha value is -4.63. The molecule has 10 heteroatoms. The summed E-state index contributed by atoms with van der Waals surface area (Å²) in [5.74, 6) is -2.16. The lowest BCUT2D eigenvalue weighted by Gasteiger charge is -2.15. The Kier molecular flexibility index (Phi) is 6.52. The van der Waals surface area contributed by atoms with Crippen molar-refractivity contribution in [3.8, 4) is 5.75 Å². The first-order valence-electron chi connectivity index (χ1n) is 10.2. The van der Waals surface area contributed by atoms with Crippen molar-refractivity contribution in [3.63, 3.8) is 0 Å². The molecule has 1 aliphatic rings. The largest absolute Gasteiger partial charge is 0.465 e. The van der Waals surface area contributed by atoms with E-state index in [2.05, 4.69) is 10.1 Å². The van der Waals surface area contributed by atoms with Gasteiger partial charge in [0.1, 0.15) is 16.5 Å². The van der Waals surface area contributed by atoms with Gasteiger partial charge in [-0.15, -0.1) is 0 Å². The van der Waals surface area contributed by atoms with E-state index in [0.717, 1.165) is 4.90 Å². The summed E-state index contributed by atoms with van der Waals surface area (Å²) >= 11 is 6.15. The number of anilines is 3. The quantitative estimate of drug-likeness (QED) is 0.231. The number of imide groups is 1. The molecule has 4 rings (SSSR count). The summed E-state index contributed by atoms with van der Waals surface area (Å²) in [7, 11) is 1.25. The number of esters is 2. The van der Waals surface area contributed by atoms with Crippen molar-refractivity contribution in [1.29, 1.82) is 0 Å². The number of methoxy groups -OCH3 is 1. The molecule has 9 nitrogen and oxygen atoms in total. The van der Waals surface area contributed by atoms with Gasteiger partial charge in [-0.3, -0.25) is 9.59 Å². The van der Waals surface area contributed by atoms with Crippen molar-refractivity contribution in [2.45, 2.75) is 0 Å². The van der Waals surface area contributed by atoms with Crippen molar-refractivity contribution in [2.75, 3.05) is 23.1 Å². The minimum absolute atomic E-state index is 0.120. The van der Waals surface area contributed by atoms with Crippen LogP contribution in [0.4, 0.5) is 17.1 Å². The SMILES string of the molecule is COC(=O)c1ccc(N2C(=O)C(Cl)=C(Nc3ccc(C(=O)Oc4ccc(N)cc4)cc3)C2=O)cc1. The molecule has 0 saturated carbocycles. The van der Waals surface area contributed by atoms with E-state index in [1.54, 1.807) is 36.4 Å². The minimum atomic E-state index is -0.714. The molecule has 3 aromatic rings. The van der Waals surface area contributed by atoms with Crippen LogP contribution in [0.25, 0.3) is 0 Å². The monoisotopic (exact) mass is 491 g/mol. The molecule has 176 valence electrons. The molecule has 3 N–H and O–H groups in total. The maximum absolute atomic E-state index is 12.9. The average molecular weight is 492 g/mol. The van der Waals surface area contributed by atoms with E-state index in [1.165, 1.54) is 43.5 Å². The van der Waals surface area contributed by atoms with Gasteiger partial charge in [0.25, 0.3) is 11.8 Å². The second-order valence-electron chi connectivity index (χ2n) is 7.33. The number of halogens is 1. The van der Waals surface area contributed by atoms with E-state index in [-0.39, 0.29) is 27.5 Å². The first kappa shape index (κ1) is 23.5. The number of hydrogen-bond donors (Lipinski definition) is 2. The van der Waals surface area contributed by atoms with Gasteiger partial charge in [0.2, 0.25) is 0 Å². The van der Waals surface area contributed by atoms with Gasteiger partial charge in [-0.2, -0.15) is 0 Å². The Bertz CT molecular complexity index is 1350. The van der Waals surface area contributed by atoms with Gasteiger partial charge in [-0.1, -0.05) is 11.6 Å². The Morgan fingerprint density at radius 3 is 2.00 bits per heavy atom. The highest BCUT2D eigenvalue weighted by molar-refractivity contribution is 6.53. The molecule has 1 aliphatic heterocycles. The number of nitrogens with one attached hydrogen (secondary N) is 1. The molecule has 0 atom stereocenters. The van der Waals surface area contributed by atoms with Gasteiger partial charge in [-0.05, 0) is 72.8 Å². The second-order valence-corrected chi connectivity index (χ2v) is 7.71. The predicted molar refractivity (Wildman–Crippen MR) is 129 cm³/mol. The molecule has 0 saturated heterocycles. The number of amides is 2. The Morgan fingerprint density at radius 2 is 1.40 bits per heavy atom. The van der Waals surface area contributed by atoms with Crippen LogP contribution < -0.4 is 20.7 Å². The highest BCUT2D eigenvalue weighted by Gasteiger charge is 2.39. The van der Waals surface area contributed by atoms with E-state index in [1.807, 2.05) is 0 Å². The molecule has 1 heterocycles. The van der Waals surface area contributed by atoms with Crippen molar-refractivity contribution in [2.24, 2.45) is 0 Å². The summed E-state index contributed by atoms with van der Waals surface area (Å²) < 4.78 is 9.93. The number of benzene rings is 3. The van der Waals surface area contributed by atoms with Gasteiger partial charge in [0.05, 0.1) is 23.9 Å². The molecule has 0 spiro atoms. The third-order valence-electron chi connectivity index (χ3n) is 5.05. The number of hydrogen-bond acceptors (Lipinski definition) is 8. The van der Waals surface area contributed by atoms with Crippen LogP contribution in [-0.2, 0) is 14.3 Å². The highest BCUT2D eigenvalue weighted by Crippen LogP contribution is 2.30. The topological polar surface area (TPSA) is 128 Å². The smallest absolute Gasteiger partial charge is 0.343 e. The first-order chi connectivity index (χ1) is 16.8. The molecule has 0 fully saturated rings. The molecule has 35 heavy (non-hydrogen) atoms. The number of nitrogens with two attached hydrogens (primary N) is 1. The zero-order valence-electron chi connectivity index (χ0n) is 18.3. The minimum Gasteiger partial charge on any atom is -0.465 e. The van der Waals surface area contributed by atoms with Crippen LogP contribution in [0.3, 0.4) is 0 Å². The number of carbonyl (C=O) groups is 4. The fourth-order valence-corrected chi connectivity index (χ4v) is 3.46. The van der Waals surface area contributed by atoms with Crippen LogP contribution in [0, 0.1) is 0 Å². The van der Waals surface area contributed by atoms with Crippen LogP contribution in [0.1, 0.15) is 20.7 Å². The number of nitrogens with zero attached hydrogens (tertiary/aromatic N) is 1. The van der Waals surface area contributed by atoms with Crippen LogP contribution in [0.5, 0.6) is 5.75 Å². The fraction of sp³-hybridized carbons (Fsp3) is 0.0400. The molecule has 0 radical (unpaired) electrons. The molecule has 0 aliphatic carbocycles. The highest BCUT2D eigenvalue weighted by atomic mass is 35.5. The number of rotatable bonds is 6. The molecule has 0 bridgehead atoms. The Morgan fingerprint density at radius 1 is 0.829 bits per heavy atom. The molecule has 0 unspecified atom stereocenters. The normalized spacial score (nSPS) is 13.1. The van der Waals surface area contributed by atoms with Gasteiger partial charge < -0.3 is 20.5 Å². The van der Waals surface area contributed by atoms with Crippen LogP contribution >= 0.6 is 11.6 Å². The van der Waals surface area contributed by atoms with Crippen LogP contribution in [-0.4, -0.2) is 30.9 Å². The second kappa shape index (κ2) is 9.70. The van der Waals surface area contributed by atoms with Crippen molar-refractivity contribution >= 4 is 52.4 Å². The van der Waals surface area contributed by atoms with Crippen LogP contribution in [0.2, 0.25) is 0 Å². The standard InChI is InChI=1S/C25H18ClN3O6/c1-34-24(32)14-4-10-18(11-5-14)29-22(30)20(26)21(23(29)31)28-17-8-2-15(3-9-17)25(33)35-19-12-6-16(27)7-13-19/h2-13,28H,27H2,1H3. The molecule has 3 aromatic carbocycles. The zero-order valence-corrected chi connectivity index (χ0v) is 19.0. The number of nitrogen functional groups attached to an aromatic ring is 1. The molecule has 2 amide bonds. The first-order valence-corrected chi connectivity index (χ1v) is 10.6. The third-order valence-corrected chi connectivity index (χ3v) is 5.41. The fourth-order valence-electron chi connectivity index (χ4n) is 3.25. The number of ether oxygens (including phenoxy) is 2. The van der Waals surface area contributed by atoms with Crippen LogP contribution in [0.15, 0.2) is 83.5 Å². The summed E-state index contributed by atoms with van der Waals surface area (Å²) in [6, 6.07) is 18.2.